The summed E-state index contributed by atoms with van der Waals surface area (Å²) in [6, 6.07) is 0. The van der Waals surface area contributed by atoms with Crippen molar-refractivity contribution in [3.63, 3.8) is 0 Å². The number of ether oxygens (including phenoxy) is 2. The Balaban J connectivity index is 1.68. The smallest absolute Gasteiger partial charge is 0.169 e. The van der Waals surface area contributed by atoms with Gasteiger partial charge >= 0.3 is 0 Å². The Morgan fingerprint density at radius 2 is 2.06 bits per heavy atom. The summed E-state index contributed by atoms with van der Waals surface area (Å²) in [5.74, 6) is 1.54. The molecule has 3 aliphatic carbocycles. The highest BCUT2D eigenvalue weighted by atomic mass is 16.7. The first-order valence-corrected chi connectivity index (χ1v) is 6.46. The zero-order chi connectivity index (χ0) is 11.0. The molecule has 0 N–H and O–H groups in total. The maximum Gasteiger partial charge on any atom is 0.169 e. The first-order chi connectivity index (χ1) is 7.65. The molecule has 1 unspecified atom stereocenters. The van der Waals surface area contributed by atoms with E-state index >= 15 is 0 Å². The molecule has 3 saturated carbocycles. The molecule has 16 heavy (non-hydrogen) atoms. The highest BCUT2D eigenvalue weighted by Gasteiger charge is 2.69. The first kappa shape index (κ1) is 9.60. The number of fused-ring (bicyclic) bond motifs is 3. The van der Waals surface area contributed by atoms with Crippen LogP contribution in [0.5, 0.6) is 0 Å². The minimum absolute atomic E-state index is 0.171. The van der Waals surface area contributed by atoms with Gasteiger partial charge in [-0.25, -0.2) is 0 Å². The van der Waals surface area contributed by atoms with Gasteiger partial charge in [0.2, 0.25) is 0 Å². The Hall–Kier alpha value is -0.410. The summed E-state index contributed by atoms with van der Waals surface area (Å²) in [4.78, 5) is 12.1. The summed E-state index contributed by atoms with van der Waals surface area (Å²) in [7, 11) is 0. The molecule has 0 radical (unpaired) electrons. The number of hydrogen-bond donors (Lipinski definition) is 0. The van der Waals surface area contributed by atoms with Crippen LogP contribution in [0.15, 0.2) is 0 Å². The van der Waals surface area contributed by atoms with Crippen LogP contribution in [0.4, 0.5) is 0 Å². The molecule has 3 nitrogen and oxygen atoms in total. The zero-order valence-electron chi connectivity index (χ0n) is 9.70. The van der Waals surface area contributed by atoms with Crippen LogP contribution in [0, 0.1) is 23.2 Å². The van der Waals surface area contributed by atoms with Crippen LogP contribution < -0.4 is 0 Å². The average molecular weight is 222 g/mol. The fourth-order valence-electron chi connectivity index (χ4n) is 4.58. The minimum atomic E-state index is -0.330. The van der Waals surface area contributed by atoms with Crippen LogP contribution in [0.3, 0.4) is 0 Å². The van der Waals surface area contributed by atoms with Gasteiger partial charge in [-0.05, 0) is 24.2 Å². The number of hydrogen-bond acceptors (Lipinski definition) is 3. The molecule has 0 bridgehead atoms. The van der Waals surface area contributed by atoms with Crippen LogP contribution in [0.25, 0.3) is 0 Å². The van der Waals surface area contributed by atoms with Crippen molar-refractivity contribution in [3.8, 4) is 0 Å². The molecule has 1 heterocycles. The summed E-state index contributed by atoms with van der Waals surface area (Å²) in [6.45, 7) is 3.74. The monoisotopic (exact) mass is 222 g/mol. The van der Waals surface area contributed by atoms with E-state index in [4.69, 9.17) is 9.47 Å². The van der Waals surface area contributed by atoms with Crippen LogP contribution >= 0.6 is 0 Å². The topological polar surface area (TPSA) is 35.5 Å². The minimum Gasteiger partial charge on any atom is -0.348 e. The molecule has 1 saturated heterocycles. The summed E-state index contributed by atoms with van der Waals surface area (Å²) in [5.41, 5.74) is 0.171. The Morgan fingerprint density at radius 3 is 2.81 bits per heavy atom. The average Bonchev–Trinajstić information content (AvgIpc) is 2.91. The van der Waals surface area contributed by atoms with Crippen molar-refractivity contribution in [2.24, 2.45) is 23.2 Å². The highest BCUT2D eigenvalue weighted by Crippen LogP contribution is 2.68. The van der Waals surface area contributed by atoms with Crippen molar-refractivity contribution in [1.29, 1.82) is 0 Å². The van der Waals surface area contributed by atoms with Crippen LogP contribution in [0.1, 0.15) is 32.6 Å². The Morgan fingerprint density at radius 1 is 1.31 bits per heavy atom. The van der Waals surface area contributed by atoms with Gasteiger partial charge in [0.25, 0.3) is 0 Å². The predicted octanol–water partition coefficient (Wildman–Crippen LogP) is 1.75. The second kappa shape index (κ2) is 2.70. The highest BCUT2D eigenvalue weighted by molar-refractivity contribution is 5.90. The summed E-state index contributed by atoms with van der Waals surface area (Å²) in [5, 5.41) is 0. The quantitative estimate of drug-likeness (QED) is 0.626. The van der Waals surface area contributed by atoms with E-state index in [1.807, 2.05) is 0 Å². The Bertz CT molecular complexity index is 358. The second-order valence-electron chi connectivity index (χ2n) is 6.23. The fraction of sp³-hybridized carbons (Fsp3) is 0.923. The maximum absolute atomic E-state index is 12.1. The summed E-state index contributed by atoms with van der Waals surface area (Å²) < 4.78 is 11.6. The molecule has 0 amide bonds. The van der Waals surface area contributed by atoms with Gasteiger partial charge in [0.15, 0.2) is 5.79 Å². The first-order valence-electron chi connectivity index (χ1n) is 6.46. The van der Waals surface area contributed by atoms with Crippen molar-refractivity contribution in [3.05, 3.63) is 0 Å². The van der Waals surface area contributed by atoms with E-state index in [1.165, 1.54) is 0 Å². The molecule has 88 valence electrons. The number of carbonyl (C=O) groups is 1. The van der Waals surface area contributed by atoms with Gasteiger partial charge in [-0.1, -0.05) is 6.92 Å². The normalized spacial score (nSPS) is 52.8. The third-order valence-electron chi connectivity index (χ3n) is 5.42. The van der Waals surface area contributed by atoms with Gasteiger partial charge in [0.1, 0.15) is 5.78 Å². The van der Waals surface area contributed by atoms with Gasteiger partial charge in [0.05, 0.1) is 13.2 Å². The molecule has 1 spiro atoms. The third-order valence-corrected chi connectivity index (χ3v) is 5.42. The van der Waals surface area contributed by atoms with E-state index in [0.717, 1.165) is 38.9 Å². The van der Waals surface area contributed by atoms with E-state index in [1.54, 1.807) is 0 Å². The number of carbonyl (C=O) groups excluding carboxylic acids is 1. The van der Waals surface area contributed by atoms with Crippen molar-refractivity contribution >= 4 is 5.78 Å². The molecule has 3 heteroatoms. The van der Waals surface area contributed by atoms with Gasteiger partial charge in [-0.2, -0.15) is 0 Å². The zero-order valence-corrected chi connectivity index (χ0v) is 9.70. The summed E-state index contributed by atoms with van der Waals surface area (Å²) in [6.07, 6.45) is 3.96. The lowest BCUT2D eigenvalue weighted by Gasteiger charge is -2.45. The Labute approximate surface area is 95.5 Å². The van der Waals surface area contributed by atoms with Crippen LogP contribution in [0.2, 0.25) is 0 Å². The molecule has 4 rings (SSSR count). The molecular weight excluding hydrogens is 204 g/mol. The SMILES string of the molecule is C[C@@]12CC3(CCC1C(=O)[C@@H]1C[C@@H]12)OCCO3. The van der Waals surface area contributed by atoms with E-state index < -0.39 is 0 Å². The van der Waals surface area contributed by atoms with Crippen molar-refractivity contribution in [2.75, 3.05) is 13.2 Å². The molecule has 4 fully saturated rings. The lowest BCUT2D eigenvalue weighted by Crippen LogP contribution is -2.46. The fourth-order valence-corrected chi connectivity index (χ4v) is 4.58. The lowest BCUT2D eigenvalue weighted by molar-refractivity contribution is -0.210. The van der Waals surface area contributed by atoms with E-state index in [0.29, 0.717) is 23.5 Å². The van der Waals surface area contributed by atoms with Gasteiger partial charge in [0, 0.05) is 24.7 Å². The molecule has 0 aromatic heterocycles. The number of ketones is 1. The van der Waals surface area contributed by atoms with E-state index in [9.17, 15) is 4.79 Å². The third kappa shape index (κ3) is 0.992. The van der Waals surface area contributed by atoms with Crippen molar-refractivity contribution in [1.82, 2.24) is 0 Å². The van der Waals surface area contributed by atoms with Gasteiger partial charge in [-0.15, -0.1) is 0 Å². The molecule has 4 atom stereocenters. The second-order valence-corrected chi connectivity index (χ2v) is 6.23. The van der Waals surface area contributed by atoms with Gasteiger partial charge < -0.3 is 9.47 Å². The molecule has 1 aliphatic heterocycles. The number of rotatable bonds is 0. The lowest BCUT2D eigenvalue weighted by atomic mass is 9.64. The molecule has 0 aromatic rings. The van der Waals surface area contributed by atoms with Gasteiger partial charge in [-0.3, -0.25) is 4.79 Å². The van der Waals surface area contributed by atoms with Crippen LogP contribution in [-0.4, -0.2) is 24.8 Å². The molecular formula is C13H18O3. The van der Waals surface area contributed by atoms with Crippen molar-refractivity contribution in [2.45, 2.75) is 38.4 Å². The molecule has 0 aromatic carbocycles. The standard InChI is InChI=1S/C13H18O3/c1-12-7-13(15-4-5-16-13)3-2-9(12)11(14)8-6-10(8)12/h8-10H,2-7H2,1H3/t8-,9?,10+,12-/m1/s1. The van der Waals surface area contributed by atoms with Crippen LogP contribution in [-0.2, 0) is 14.3 Å². The largest absolute Gasteiger partial charge is 0.348 e. The van der Waals surface area contributed by atoms with E-state index in [2.05, 4.69) is 6.92 Å². The molecule has 4 aliphatic rings. The Kier molecular flexibility index (Phi) is 1.62. The predicted molar refractivity (Wildman–Crippen MR) is 56.7 cm³/mol. The number of Topliss-reactive ketones (excluding diaryl/α,β-unsaturated/α-hetero) is 1. The van der Waals surface area contributed by atoms with E-state index in [-0.39, 0.29) is 11.2 Å². The van der Waals surface area contributed by atoms with Crippen molar-refractivity contribution < 1.29 is 14.3 Å². The maximum atomic E-state index is 12.1. The summed E-state index contributed by atoms with van der Waals surface area (Å²) >= 11 is 0.